The fourth-order valence-corrected chi connectivity index (χ4v) is 4.90. The zero-order chi connectivity index (χ0) is 22.8. The van der Waals surface area contributed by atoms with Crippen molar-refractivity contribution in [1.82, 2.24) is 14.9 Å². The van der Waals surface area contributed by atoms with E-state index in [0.717, 1.165) is 34.5 Å². The summed E-state index contributed by atoms with van der Waals surface area (Å²) < 4.78 is 28.2. The number of hydrogen-bond donors (Lipinski definition) is 1. The number of nitrogens with zero attached hydrogens (tertiary/aromatic N) is 3. The lowest BCUT2D eigenvalue weighted by atomic mass is 10.1. The highest BCUT2D eigenvalue weighted by Gasteiger charge is 2.29. The van der Waals surface area contributed by atoms with Crippen LogP contribution in [0.5, 0.6) is 0 Å². The molecule has 2 aromatic carbocycles. The van der Waals surface area contributed by atoms with Crippen LogP contribution in [-0.2, 0) is 21.4 Å². The normalized spacial score (nSPS) is 12.4. The third kappa shape index (κ3) is 5.14. The number of aromatic nitrogens is 2. The Balaban J connectivity index is 1.84. The van der Waals surface area contributed by atoms with Gasteiger partial charge >= 0.3 is 0 Å². The van der Waals surface area contributed by atoms with E-state index in [4.69, 9.17) is 0 Å². The SMILES string of the molecule is Cc1cc(C)cc(N([C@H](C)C(=O)NCc2ccccc2-n2ccnc2C)S(C)(=O)=O)c1. The first-order chi connectivity index (χ1) is 14.6. The summed E-state index contributed by atoms with van der Waals surface area (Å²) in [5, 5.41) is 2.89. The highest BCUT2D eigenvalue weighted by Crippen LogP contribution is 2.24. The Morgan fingerprint density at radius 1 is 1.13 bits per heavy atom. The van der Waals surface area contributed by atoms with Gasteiger partial charge in [0, 0.05) is 18.9 Å². The first-order valence-corrected chi connectivity index (χ1v) is 11.9. The Labute approximate surface area is 183 Å². The van der Waals surface area contributed by atoms with Crippen LogP contribution in [0, 0.1) is 20.8 Å². The average molecular weight is 441 g/mol. The van der Waals surface area contributed by atoms with Crippen LogP contribution in [0.1, 0.15) is 29.4 Å². The molecule has 0 radical (unpaired) electrons. The molecular weight excluding hydrogens is 412 g/mol. The van der Waals surface area contributed by atoms with Crippen molar-refractivity contribution in [3.05, 3.63) is 77.4 Å². The number of carbonyl (C=O) groups is 1. The second kappa shape index (κ2) is 8.93. The number of aryl methyl sites for hydroxylation is 3. The van der Waals surface area contributed by atoms with Crippen molar-refractivity contribution in [2.45, 2.75) is 40.3 Å². The molecule has 1 heterocycles. The number of amides is 1. The van der Waals surface area contributed by atoms with Crippen molar-refractivity contribution in [2.75, 3.05) is 10.6 Å². The van der Waals surface area contributed by atoms with Gasteiger partial charge < -0.3 is 9.88 Å². The molecule has 8 heteroatoms. The van der Waals surface area contributed by atoms with Gasteiger partial charge in [-0.2, -0.15) is 0 Å². The molecule has 0 aliphatic carbocycles. The van der Waals surface area contributed by atoms with Crippen LogP contribution < -0.4 is 9.62 Å². The van der Waals surface area contributed by atoms with Crippen molar-refractivity contribution in [3.63, 3.8) is 0 Å². The van der Waals surface area contributed by atoms with Crippen molar-refractivity contribution in [1.29, 1.82) is 0 Å². The lowest BCUT2D eigenvalue weighted by Gasteiger charge is -2.29. The summed E-state index contributed by atoms with van der Waals surface area (Å²) in [7, 11) is -3.67. The molecule has 7 nitrogen and oxygen atoms in total. The number of anilines is 1. The fourth-order valence-electron chi connectivity index (χ4n) is 3.74. The van der Waals surface area contributed by atoms with E-state index in [1.165, 1.54) is 4.31 Å². The number of nitrogens with one attached hydrogen (secondary N) is 1. The van der Waals surface area contributed by atoms with Crippen LogP contribution in [0.15, 0.2) is 54.9 Å². The second-order valence-corrected chi connectivity index (χ2v) is 9.63. The zero-order valence-electron chi connectivity index (χ0n) is 18.5. The van der Waals surface area contributed by atoms with E-state index in [2.05, 4.69) is 10.3 Å². The van der Waals surface area contributed by atoms with Crippen LogP contribution in [0.3, 0.4) is 0 Å². The zero-order valence-corrected chi connectivity index (χ0v) is 19.3. The molecule has 164 valence electrons. The number of imidazole rings is 1. The standard InChI is InChI=1S/C23H28N4O3S/c1-16-12-17(2)14-21(13-16)27(31(5,29)30)18(3)23(28)25-15-20-8-6-7-9-22(20)26-11-10-24-19(26)4/h6-14,18H,15H2,1-5H3,(H,25,28)/t18-/m1/s1. The van der Waals surface area contributed by atoms with Crippen LogP contribution in [-0.4, -0.2) is 36.2 Å². The summed E-state index contributed by atoms with van der Waals surface area (Å²) in [5.41, 5.74) is 4.17. The van der Waals surface area contributed by atoms with Gasteiger partial charge in [-0.1, -0.05) is 24.3 Å². The molecule has 1 N–H and O–H groups in total. The van der Waals surface area contributed by atoms with Gasteiger partial charge in [-0.15, -0.1) is 0 Å². The summed E-state index contributed by atoms with van der Waals surface area (Å²) in [6, 6.07) is 12.3. The molecule has 31 heavy (non-hydrogen) atoms. The predicted octanol–water partition coefficient (Wildman–Crippen LogP) is 3.27. The number of benzene rings is 2. The van der Waals surface area contributed by atoms with Crippen molar-refractivity contribution in [2.24, 2.45) is 0 Å². The third-order valence-electron chi connectivity index (χ3n) is 5.08. The summed E-state index contributed by atoms with van der Waals surface area (Å²) in [4.78, 5) is 17.2. The second-order valence-electron chi connectivity index (χ2n) is 7.77. The maximum absolute atomic E-state index is 13.0. The Hall–Kier alpha value is -3.13. The topological polar surface area (TPSA) is 84.3 Å². The first-order valence-electron chi connectivity index (χ1n) is 10.0. The van der Waals surface area contributed by atoms with E-state index in [-0.39, 0.29) is 12.5 Å². The fraction of sp³-hybridized carbons (Fsp3) is 0.304. The van der Waals surface area contributed by atoms with Gasteiger partial charge in [-0.05, 0) is 62.6 Å². The van der Waals surface area contributed by atoms with E-state index < -0.39 is 16.1 Å². The summed E-state index contributed by atoms with van der Waals surface area (Å²) in [5.74, 6) is 0.465. The maximum atomic E-state index is 13.0. The smallest absolute Gasteiger partial charge is 0.243 e. The van der Waals surface area contributed by atoms with Crippen molar-refractivity contribution in [3.8, 4) is 5.69 Å². The highest BCUT2D eigenvalue weighted by molar-refractivity contribution is 7.92. The van der Waals surface area contributed by atoms with Gasteiger partial charge in [0.2, 0.25) is 15.9 Å². The lowest BCUT2D eigenvalue weighted by molar-refractivity contribution is -0.122. The molecule has 0 aliphatic rings. The number of hydrogen-bond acceptors (Lipinski definition) is 4. The third-order valence-corrected chi connectivity index (χ3v) is 6.32. The number of carbonyl (C=O) groups excluding carboxylic acids is 1. The van der Waals surface area contributed by atoms with E-state index in [1.54, 1.807) is 25.3 Å². The summed E-state index contributed by atoms with van der Waals surface area (Å²) in [6.07, 6.45) is 4.70. The minimum absolute atomic E-state index is 0.265. The van der Waals surface area contributed by atoms with Crippen molar-refractivity contribution < 1.29 is 13.2 Å². The molecule has 3 aromatic rings. The molecule has 0 bridgehead atoms. The number of rotatable bonds is 7. The van der Waals surface area contributed by atoms with E-state index in [1.807, 2.05) is 61.9 Å². The number of sulfonamides is 1. The Kier molecular flexibility index (Phi) is 6.50. The van der Waals surface area contributed by atoms with Crippen LogP contribution in [0.4, 0.5) is 5.69 Å². The van der Waals surface area contributed by atoms with Gasteiger partial charge in [0.25, 0.3) is 0 Å². The van der Waals surface area contributed by atoms with Crippen LogP contribution >= 0.6 is 0 Å². The maximum Gasteiger partial charge on any atom is 0.243 e. The van der Waals surface area contributed by atoms with Crippen LogP contribution in [0.2, 0.25) is 0 Å². The molecule has 0 fully saturated rings. The van der Waals surface area contributed by atoms with Gasteiger partial charge in [0.1, 0.15) is 11.9 Å². The van der Waals surface area contributed by atoms with Crippen LogP contribution in [0.25, 0.3) is 5.69 Å². The number of para-hydroxylation sites is 1. The molecule has 0 saturated carbocycles. The Bertz CT molecular complexity index is 1180. The molecule has 0 aliphatic heterocycles. The molecule has 0 unspecified atom stereocenters. The highest BCUT2D eigenvalue weighted by atomic mass is 32.2. The Morgan fingerprint density at radius 3 is 2.35 bits per heavy atom. The minimum Gasteiger partial charge on any atom is -0.350 e. The first kappa shape index (κ1) is 22.6. The molecule has 0 spiro atoms. The average Bonchev–Trinajstić information content (AvgIpc) is 3.10. The Morgan fingerprint density at radius 2 is 1.77 bits per heavy atom. The van der Waals surface area contributed by atoms with Gasteiger partial charge in [-0.3, -0.25) is 9.10 Å². The minimum atomic E-state index is -3.67. The summed E-state index contributed by atoms with van der Waals surface area (Å²) >= 11 is 0. The van der Waals surface area contributed by atoms with Gasteiger partial charge in [0.15, 0.2) is 0 Å². The summed E-state index contributed by atoms with van der Waals surface area (Å²) in [6.45, 7) is 7.57. The molecule has 1 aromatic heterocycles. The molecular formula is C23H28N4O3S. The van der Waals surface area contributed by atoms with Gasteiger partial charge in [-0.25, -0.2) is 13.4 Å². The molecule has 3 rings (SSSR count). The van der Waals surface area contributed by atoms with E-state index in [0.29, 0.717) is 5.69 Å². The van der Waals surface area contributed by atoms with Gasteiger partial charge in [0.05, 0.1) is 17.6 Å². The monoisotopic (exact) mass is 440 g/mol. The van der Waals surface area contributed by atoms with E-state index >= 15 is 0 Å². The molecule has 0 saturated heterocycles. The largest absolute Gasteiger partial charge is 0.350 e. The predicted molar refractivity (Wildman–Crippen MR) is 123 cm³/mol. The van der Waals surface area contributed by atoms with E-state index in [9.17, 15) is 13.2 Å². The molecule has 1 atom stereocenters. The van der Waals surface area contributed by atoms with Crippen molar-refractivity contribution >= 4 is 21.6 Å². The molecule has 1 amide bonds. The quantitative estimate of drug-likeness (QED) is 0.611. The lowest BCUT2D eigenvalue weighted by Crippen LogP contribution is -2.47.